The minimum absolute atomic E-state index is 0.0333. The lowest BCUT2D eigenvalue weighted by Gasteiger charge is -2.17. The lowest BCUT2D eigenvalue weighted by Crippen LogP contribution is -2.14. The van der Waals surface area contributed by atoms with Gasteiger partial charge in [-0.15, -0.1) is 0 Å². The first kappa shape index (κ1) is 28.5. The number of carbonyl (C=O) groups is 1. The number of ether oxygens (including phenoxy) is 1. The maximum Gasteiger partial charge on any atom is 0.305 e. The molecule has 1 unspecified atom stereocenters. The van der Waals surface area contributed by atoms with Crippen LogP contribution in [0.2, 0.25) is 0 Å². The van der Waals surface area contributed by atoms with Crippen molar-refractivity contribution >= 4 is 5.97 Å². The van der Waals surface area contributed by atoms with E-state index in [0.29, 0.717) is 18.9 Å². The molecule has 2 heteroatoms. The van der Waals surface area contributed by atoms with Crippen LogP contribution in [0.4, 0.5) is 0 Å². The van der Waals surface area contributed by atoms with Gasteiger partial charge < -0.3 is 4.74 Å². The summed E-state index contributed by atoms with van der Waals surface area (Å²) in [4.78, 5) is 11.5. The summed E-state index contributed by atoms with van der Waals surface area (Å²) in [7, 11) is 0. The van der Waals surface area contributed by atoms with E-state index in [4.69, 9.17) is 4.74 Å². The number of carbonyl (C=O) groups excluding carboxylic acids is 1. The highest BCUT2D eigenvalue weighted by Crippen LogP contribution is 2.20. The standard InChI is InChI=1S/C27H54O2/c1-4-7-9-11-13-15-16-18-20-22-24-26(25-29-27(28)6-3)23-21-19-17-14-12-10-8-5-2/h26H,4-25H2,1-3H3. The average Bonchev–Trinajstić information content (AvgIpc) is 2.74. The van der Waals surface area contributed by atoms with Gasteiger partial charge in [0.05, 0.1) is 6.61 Å². The second-order valence-electron chi connectivity index (χ2n) is 9.14. The van der Waals surface area contributed by atoms with E-state index in [2.05, 4.69) is 13.8 Å². The molecule has 1 atom stereocenters. The molecule has 0 spiro atoms. The first-order chi connectivity index (χ1) is 14.2. The third kappa shape index (κ3) is 22.0. The molecule has 0 aliphatic rings. The number of rotatable bonds is 23. The van der Waals surface area contributed by atoms with Gasteiger partial charge in [0.25, 0.3) is 0 Å². The average molecular weight is 411 g/mol. The molecule has 2 nitrogen and oxygen atoms in total. The molecule has 0 aliphatic carbocycles. The Morgan fingerprint density at radius 3 is 1.24 bits per heavy atom. The van der Waals surface area contributed by atoms with Crippen LogP contribution in [0.25, 0.3) is 0 Å². The third-order valence-corrected chi connectivity index (χ3v) is 6.20. The minimum Gasteiger partial charge on any atom is -0.465 e. The van der Waals surface area contributed by atoms with Crippen LogP contribution in [-0.4, -0.2) is 12.6 Å². The van der Waals surface area contributed by atoms with Gasteiger partial charge in [0, 0.05) is 6.42 Å². The number of hydrogen-bond donors (Lipinski definition) is 0. The van der Waals surface area contributed by atoms with Crippen molar-refractivity contribution in [3.8, 4) is 0 Å². The van der Waals surface area contributed by atoms with Crippen molar-refractivity contribution in [1.82, 2.24) is 0 Å². The fraction of sp³-hybridized carbons (Fsp3) is 0.963. The maximum atomic E-state index is 11.5. The van der Waals surface area contributed by atoms with E-state index in [1.165, 1.54) is 128 Å². The summed E-state index contributed by atoms with van der Waals surface area (Å²) in [6.07, 6.45) is 27.8. The molecule has 0 fully saturated rings. The summed E-state index contributed by atoms with van der Waals surface area (Å²) in [5, 5.41) is 0. The van der Waals surface area contributed by atoms with Gasteiger partial charge in [-0.25, -0.2) is 0 Å². The zero-order valence-corrected chi connectivity index (χ0v) is 20.5. The summed E-state index contributed by atoms with van der Waals surface area (Å²) < 4.78 is 5.48. The Hall–Kier alpha value is -0.530. The summed E-state index contributed by atoms with van der Waals surface area (Å²) in [6.45, 7) is 7.10. The van der Waals surface area contributed by atoms with Crippen molar-refractivity contribution in [3.05, 3.63) is 0 Å². The van der Waals surface area contributed by atoms with Crippen molar-refractivity contribution in [1.29, 1.82) is 0 Å². The van der Waals surface area contributed by atoms with Crippen molar-refractivity contribution < 1.29 is 9.53 Å². The quantitative estimate of drug-likeness (QED) is 0.124. The molecular weight excluding hydrogens is 356 g/mol. The van der Waals surface area contributed by atoms with Gasteiger partial charge in [-0.3, -0.25) is 4.79 Å². The Morgan fingerprint density at radius 1 is 0.552 bits per heavy atom. The molecule has 0 amide bonds. The molecule has 0 bridgehead atoms. The summed E-state index contributed by atoms with van der Waals surface area (Å²) >= 11 is 0. The van der Waals surface area contributed by atoms with Gasteiger partial charge >= 0.3 is 5.97 Å². The molecular formula is C27H54O2. The van der Waals surface area contributed by atoms with E-state index < -0.39 is 0 Å². The maximum absolute atomic E-state index is 11.5. The molecule has 0 heterocycles. The van der Waals surface area contributed by atoms with Gasteiger partial charge in [-0.2, -0.15) is 0 Å². The van der Waals surface area contributed by atoms with Gasteiger partial charge in [0.1, 0.15) is 0 Å². The lowest BCUT2D eigenvalue weighted by molar-refractivity contribution is -0.144. The van der Waals surface area contributed by atoms with Crippen LogP contribution < -0.4 is 0 Å². The molecule has 0 aliphatic heterocycles. The van der Waals surface area contributed by atoms with Gasteiger partial charge in [-0.05, 0) is 18.8 Å². The van der Waals surface area contributed by atoms with Crippen molar-refractivity contribution in [2.45, 2.75) is 156 Å². The molecule has 0 saturated carbocycles. The predicted octanol–water partition coefficient (Wildman–Crippen LogP) is 9.40. The monoisotopic (exact) mass is 410 g/mol. The Bertz CT molecular complexity index is 326. The predicted molar refractivity (Wildman–Crippen MR) is 128 cm³/mol. The highest BCUT2D eigenvalue weighted by Gasteiger charge is 2.11. The van der Waals surface area contributed by atoms with Crippen LogP contribution in [0, 0.1) is 5.92 Å². The van der Waals surface area contributed by atoms with Crippen LogP contribution in [0.5, 0.6) is 0 Å². The molecule has 0 saturated heterocycles. The van der Waals surface area contributed by atoms with Crippen molar-refractivity contribution in [2.75, 3.05) is 6.61 Å². The van der Waals surface area contributed by atoms with Gasteiger partial charge in [0.2, 0.25) is 0 Å². The van der Waals surface area contributed by atoms with E-state index in [1.54, 1.807) is 0 Å². The molecule has 0 N–H and O–H groups in total. The summed E-state index contributed by atoms with van der Waals surface area (Å²) in [5.41, 5.74) is 0. The van der Waals surface area contributed by atoms with Crippen molar-refractivity contribution in [2.24, 2.45) is 5.92 Å². The molecule has 0 aromatic carbocycles. The molecule has 0 radical (unpaired) electrons. The molecule has 0 aromatic heterocycles. The highest BCUT2D eigenvalue weighted by molar-refractivity contribution is 5.68. The van der Waals surface area contributed by atoms with Crippen LogP contribution in [0.15, 0.2) is 0 Å². The normalized spacial score (nSPS) is 12.2. The highest BCUT2D eigenvalue weighted by atomic mass is 16.5. The molecule has 29 heavy (non-hydrogen) atoms. The first-order valence-electron chi connectivity index (χ1n) is 13.4. The molecule has 0 rings (SSSR count). The Labute approximate surface area is 184 Å². The summed E-state index contributed by atoms with van der Waals surface area (Å²) in [6, 6.07) is 0. The van der Waals surface area contributed by atoms with E-state index in [1.807, 2.05) is 6.92 Å². The SMILES string of the molecule is CCCCCCCCCCCCC(CCCCCCCCCC)COC(=O)CC. The Kier molecular flexibility index (Phi) is 23.3. The largest absolute Gasteiger partial charge is 0.465 e. The Balaban J connectivity index is 3.75. The van der Waals surface area contributed by atoms with Gasteiger partial charge in [0.15, 0.2) is 0 Å². The zero-order chi connectivity index (χ0) is 21.4. The van der Waals surface area contributed by atoms with Crippen molar-refractivity contribution in [3.63, 3.8) is 0 Å². The number of hydrogen-bond acceptors (Lipinski definition) is 2. The minimum atomic E-state index is -0.0333. The van der Waals surface area contributed by atoms with E-state index in [9.17, 15) is 4.79 Å². The number of unbranched alkanes of at least 4 members (excludes halogenated alkanes) is 16. The second kappa shape index (κ2) is 23.7. The van der Waals surface area contributed by atoms with Gasteiger partial charge in [-0.1, -0.05) is 136 Å². The Morgan fingerprint density at radius 2 is 0.897 bits per heavy atom. The van der Waals surface area contributed by atoms with E-state index >= 15 is 0 Å². The zero-order valence-electron chi connectivity index (χ0n) is 20.5. The number of esters is 1. The summed E-state index contributed by atoms with van der Waals surface area (Å²) in [5.74, 6) is 0.550. The lowest BCUT2D eigenvalue weighted by atomic mass is 9.94. The second-order valence-corrected chi connectivity index (χ2v) is 9.14. The van der Waals surface area contributed by atoms with E-state index in [-0.39, 0.29) is 5.97 Å². The fourth-order valence-electron chi connectivity index (χ4n) is 4.11. The van der Waals surface area contributed by atoms with E-state index in [0.717, 1.165) is 0 Å². The first-order valence-corrected chi connectivity index (χ1v) is 13.4. The fourth-order valence-corrected chi connectivity index (χ4v) is 4.11. The van der Waals surface area contributed by atoms with Crippen LogP contribution in [-0.2, 0) is 9.53 Å². The molecule has 174 valence electrons. The van der Waals surface area contributed by atoms with Crippen LogP contribution >= 0.6 is 0 Å². The smallest absolute Gasteiger partial charge is 0.305 e. The van der Waals surface area contributed by atoms with Crippen LogP contribution in [0.3, 0.4) is 0 Å². The third-order valence-electron chi connectivity index (χ3n) is 6.20. The topological polar surface area (TPSA) is 26.3 Å². The molecule has 0 aromatic rings. The van der Waals surface area contributed by atoms with Crippen LogP contribution in [0.1, 0.15) is 156 Å².